The fourth-order valence-electron chi connectivity index (χ4n) is 6.28. The molecule has 0 bridgehead atoms. The first-order valence-electron chi connectivity index (χ1n) is 13.1. The van der Waals surface area contributed by atoms with Crippen molar-refractivity contribution in [3.8, 4) is 17.2 Å². The summed E-state index contributed by atoms with van der Waals surface area (Å²) in [5, 5.41) is 3.92. The van der Waals surface area contributed by atoms with Crippen molar-refractivity contribution in [2.24, 2.45) is 0 Å². The van der Waals surface area contributed by atoms with E-state index in [-0.39, 0.29) is 40.6 Å². The fraction of sp³-hybridized carbons (Fsp3) is 0.333. The molecular formula is C33H39Cl3O3SiTi. The van der Waals surface area contributed by atoms with Gasteiger partial charge in [-0.1, -0.05) is 0 Å². The fourth-order valence-corrected chi connectivity index (χ4v) is 14.7. The number of ether oxygens (including phenoxy) is 3. The summed E-state index contributed by atoms with van der Waals surface area (Å²) in [5.41, 5.74) is 9.02. The van der Waals surface area contributed by atoms with Gasteiger partial charge in [-0.2, -0.15) is 0 Å². The van der Waals surface area contributed by atoms with Gasteiger partial charge < -0.3 is 37.2 Å². The minimum absolute atomic E-state index is 0. The van der Waals surface area contributed by atoms with Crippen molar-refractivity contribution in [3.63, 3.8) is 0 Å². The Kier molecular flexibility index (Phi) is 12.9. The molecule has 0 radical (unpaired) electrons. The van der Waals surface area contributed by atoms with E-state index in [1.165, 1.54) is 37.9 Å². The van der Waals surface area contributed by atoms with Crippen molar-refractivity contribution >= 4 is 23.6 Å². The van der Waals surface area contributed by atoms with Crippen LogP contribution >= 0.6 is 0 Å². The van der Waals surface area contributed by atoms with Gasteiger partial charge in [0.2, 0.25) is 0 Å². The van der Waals surface area contributed by atoms with Crippen LogP contribution in [0.1, 0.15) is 44.4 Å². The van der Waals surface area contributed by atoms with Crippen molar-refractivity contribution in [2.75, 3.05) is 21.3 Å². The molecule has 3 nitrogen and oxygen atoms in total. The summed E-state index contributed by atoms with van der Waals surface area (Å²) >= 11 is 2.47. The summed E-state index contributed by atoms with van der Waals surface area (Å²) < 4.78 is 17.5. The summed E-state index contributed by atoms with van der Waals surface area (Å²) in [4.78, 5) is 0. The van der Waals surface area contributed by atoms with E-state index in [0.29, 0.717) is 0 Å². The van der Waals surface area contributed by atoms with Crippen molar-refractivity contribution in [2.45, 2.75) is 51.8 Å². The van der Waals surface area contributed by atoms with Crippen LogP contribution in [0.3, 0.4) is 0 Å². The smallest absolute Gasteiger partial charge is 1.00 e. The summed E-state index contributed by atoms with van der Waals surface area (Å²) in [5.74, 6) is 2.74. The predicted molar refractivity (Wildman–Crippen MR) is 157 cm³/mol. The van der Waals surface area contributed by atoms with Gasteiger partial charge in [-0.3, -0.25) is 0 Å². The Hall–Kier alpha value is -1.66. The molecule has 4 rings (SSSR count). The molecule has 0 fully saturated rings. The Labute approximate surface area is 277 Å². The molecule has 0 aliphatic heterocycles. The molecule has 0 aromatic heterocycles. The van der Waals surface area contributed by atoms with Gasteiger partial charge in [0.15, 0.2) is 0 Å². The molecule has 218 valence electrons. The van der Waals surface area contributed by atoms with E-state index in [9.17, 15) is 0 Å². The third-order valence-electron chi connectivity index (χ3n) is 8.90. The van der Waals surface area contributed by atoms with Crippen LogP contribution in [0.2, 0.25) is 3.34 Å². The van der Waals surface area contributed by atoms with Crippen molar-refractivity contribution in [3.05, 3.63) is 93.6 Å². The monoisotopic (exact) mass is 664 g/mol. The summed E-state index contributed by atoms with van der Waals surface area (Å²) in [6, 6.07) is 20.5. The van der Waals surface area contributed by atoms with Gasteiger partial charge in [0, 0.05) is 0 Å². The zero-order valence-corrected chi connectivity index (χ0v) is 30.4. The Balaban J connectivity index is 0.00000280. The molecule has 3 aromatic carbocycles. The van der Waals surface area contributed by atoms with Gasteiger partial charge >= 0.3 is 242 Å². The topological polar surface area (TPSA) is 27.7 Å². The van der Waals surface area contributed by atoms with Crippen LogP contribution < -0.4 is 67.0 Å². The molecule has 1 aliphatic carbocycles. The minimum Gasteiger partial charge on any atom is -1.00 e. The minimum atomic E-state index is -2.89. The number of benzene rings is 3. The standard InChI is InChI=1S/C33H39O3Si.3ClH.Ti/c1-20-11-14-27(17-30(20)34-8)37(28-15-12-21(2)31(18-28)35-9,29-16-13-22(3)32(19-29)36-10)33-25(6)23(4)24(5)26(33)7;;;;/h11-19H,1-10H3;3*1H;/q;;;;+3/p-3. The zero-order chi connectivity index (χ0) is 28.0. The maximum Gasteiger partial charge on any atom is -1.00 e. The number of allylic oxidation sites excluding steroid dienone is 4. The number of rotatable bonds is 7. The average molecular weight is 666 g/mol. The third kappa shape index (κ3) is 5.69. The average Bonchev–Trinajstić information content (AvgIpc) is 3.07. The molecule has 1 aliphatic rings. The largest absolute Gasteiger partial charge is 1.00 e. The van der Waals surface area contributed by atoms with E-state index >= 15 is 0 Å². The second kappa shape index (κ2) is 14.2. The summed E-state index contributed by atoms with van der Waals surface area (Å²) in [7, 11) is 2.40. The van der Waals surface area contributed by atoms with Crippen molar-refractivity contribution in [1.82, 2.24) is 0 Å². The molecular weight excluding hydrogens is 627 g/mol. The summed E-state index contributed by atoms with van der Waals surface area (Å²) in [6.07, 6.45) is 0. The molecule has 0 amide bonds. The summed E-state index contributed by atoms with van der Waals surface area (Å²) in [6.45, 7) is 15.5. The molecule has 0 heterocycles. The normalized spacial score (nSPS) is 14.1. The van der Waals surface area contributed by atoms with Crippen LogP contribution in [-0.2, 0) is 20.4 Å². The quantitative estimate of drug-likeness (QED) is 0.200. The zero-order valence-electron chi connectivity index (χ0n) is 25.6. The van der Waals surface area contributed by atoms with Crippen LogP contribution in [0, 0.1) is 20.8 Å². The van der Waals surface area contributed by atoms with Crippen LogP contribution in [0.4, 0.5) is 0 Å². The predicted octanol–water partition coefficient (Wildman–Crippen LogP) is -2.95. The van der Waals surface area contributed by atoms with E-state index in [4.69, 9.17) is 14.2 Å². The van der Waals surface area contributed by atoms with Gasteiger partial charge in [-0.05, 0) is 0 Å². The van der Waals surface area contributed by atoms with Crippen LogP contribution in [0.5, 0.6) is 17.2 Å². The number of aryl methyl sites for hydroxylation is 3. The second-order valence-corrected chi connectivity index (χ2v) is 16.5. The Morgan fingerprint density at radius 3 is 1.02 bits per heavy atom. The number of halogens is 3. The first kappa shape index (κ1) is 37.4. The second-order valence-electron chi connectivity index (χ2n) is 10.6. The molecule has 0 saturated carbocycles. The first-order valence-corrected chi connectivity index (χ1v) is 15.8. The first-order chi connectivity index (χ1) is 18.0. The Morgan fingerprint density at radius 1 is 0.512 bits per heavy atom. The van der Waals surface area contributed by atoms with E-state index in [0.717, 1.165) is 33.9 Å². The van der Waals surface area contributed by atoms with Crippen LogP contribution in [0.25, 0.3) is 0 Å². The van der Waals surface area contributed by atoms with Crippen molar-refractivity contribution < 1.29 is 71.9 Å². The Morgan fingerprint density at radius 2 is 0.780 bits per heavy atom. The van der Waals surface area contributed by atoms with E-state index in [1.807, 2.05) is 0 Å². The van der Waals surface area contributed by atoms with Gasteiger partial charge in [0.05, 0.1) is 0 Å². The number of hydrogen-bond donors (Lipinski definition) is 0. The van der Waals surface area contributed by atoms with Gasteiger partial charge in [0.25, 0.3) is 0 Å². The SMILES string of the molecule is COc1cc([Si](c2ccc(C)c(OC)c2)(c2ccc(C)c(OC)c2)[C]2([Ti+3])C(C)=C(C)C(C)=C2C)ccc1C.[Cl-].[Cl-].[Cl-]. The molecule has 0 spiro atoms. The molecule has 0 N–H and O–H groups in total. The van der Waals surface area contributed by atoms with Gasteiger partial charge in [0.1, 0.15) is 0 Å². The van der Waals surface area contributed by atoms with Crippen LogP contribution in [0.15, 0.2) is 76.9 Å². The number of methoxy groups -OCH3 is 3. The van der Waals surface area contributed by atoms with Gasteiger partial charge in [-0.25, -0.2) is 0 Å². The molecule has 41 heavy (non-hydrogen) atoms. The van der Waals surface area contributed by atoms with E-state index < -0.39 is 8.07 Å². The third-order valence-corrected chi connectivity index (χ3v) is 17.2. The Bertz CT molecular complexity index is 1330. The number of hydrogen-bond acceptors (Lipinski definition) is 3. The van der Waals surface area contributed by atoms with Crippen molar-refractivity contribution in [1.29, 1.82) is 0 Å². The molecule has 0 saturated heterocycles. The van der Waals surface area contributed by atoms with E-state index in [2.05, 4.69) is 123 Å². The molecule has 0 unspecified atom stereocenters. The van der Waals surface area contributed by atoms with E-state index in [1.54, 1.807) is 21.3 Å². The van der Waals surface area contributed by atoms with Crippen LogP contribution in [-0.4, -0.2) is 29.4 Å². The maximum absolute atomic E-state index is 5.92. The maximum atomic E-state index is 5.92. The molecule has 8 heteroatoms. The molecule has 3 aromatic rings. The van der Waals surface area contributed by atoms with Gasteiger partial charge in [-0.15, -0.1) is 0 Å². The molecule has 0 atom stereocenters.